The Kier molecular flexibility index (Phi) is 6.94. The lowest BCUT2D eigenvalue weighted by molar-refractivity contribution is -0.115. The molecule has 0 spiro atoms. The predicted octanol–water partition coefficient (Wildman–Crippen LogP) is 2.04. The van der Waals surface area contributed by atoms with Gasteiger partial charge in [-0.05, 0) is 51.0 Å². The zero-order chi connectivity index (χ0) is 18.2. The van der Waals surface area contributed by atoms with E-state index in [-0.39, 0.29) is 30.4 Å². The van der Waals surface area contributed by atoms with Crippen molar-refractivity contribution in [2.24, 2.45) is 0 Å². The van der Waals surface area contributed by atoms with Crippen LogP contribution in [-0.2, 0) is 9.53 Å². The molecule has 2 rings (SSSR count). The lowest BCUT2D eigenvalue weighted by Gasteiger charge is -2.31. The second-order valence-corrected chi connectivity index (χ2v) is 6.02. The van der Waals surface area contributed by atoms with Crippen molar-refractivity contribution in [3.63, 3.8) is 0 Å². The SMILES string of the molecule is CCOC(=O)N1CCC(NCC(=O)Nc2ccc(C(C)=O)cc2)CC1. The third-order valence-electron chi connectivity index (χ3n) is 4.15. The van der Waals surface area contributed by atoms with Gasteiger partial charge in [0, 0.05) is 30.4 Å². The molecule has 0 unspecified atom stereocenters. The monoisotopic (exact) mass is 347 g/mol. The van der Waals surface area contributed by atoms with Crippen LogP contribution in [0, 0.1) is 0 Å². The van der Waals surface area contributed by atoms with Gasteiger partial charge in [-0.15, -0.1) is 0 Å². The molecule has 2 amide bonds. The van der Waals surface area contributed by atoms with Crippen molar-refractivity contribution in [3.8, 4) is 0 Å². The minimum absolute atomic E-state index is 0.00583. The highest BCUT2D eigenvalue weighted by Gasteiger charge is 2.23. The molecule has 1 aliphatic heterocycles. The second kappa shape index (κ2) is 9.17. The summed E-state index contributed by atoms with van der Waals surface area (Å²) in [5.41, 5.74) is 1.28. The zero-order valence-corrected chi connectivity index (χ0v) is 14.7. The number of carbonyl (C=O) groups excluding carboxylic acids is 3. The van der Waals surface area contributed by atoms with Crippen molar-refractivity contribution in [1.29, 1.82) is 0 Å². The number of piperidine rings is 1. The predicted molar refractivity (Wildman–Crippen MR) is 94.7 cm³/mol. The topological polar surface area (TPSA) is 87.7 Å². The first kappa shape index (κ1) is 18.9. The Hall–Kier alpha value is -2.41. The van der Waals surface area contributed by atoms with E-state index in [0.717, 1.165) is 12.8 Å². The van der Waals surface area contributed by atoms with Gasteiger partial charge in [-0.3, -0.25) is 9.59 Å². The van der Waals surface area contributed by atoms with Crippen LogP contribution < -0.4 is 10.6 Å². The number of benzene rings is 1. The molecule has 0 saturated carbocycles. The molecule has 25 heavy (non-hydrogen) atoms. The number of ketones is 1. The van der Waals surface area contributed by atoms with Gasteiger partial charge in [0.2, 0.25) is 5.91 Å². The summed E-state index contributed by atoms with van der Waals surface area (Å²) in [5, 5.41) is 6.01. The van der Waals surface area contributed by atoms with Crippen LogP contribution in [0.5, 0.6) is 0 Å². The fourth-order valence-corrected chi connectivity index (χ4v) is 2.71. The number of nitrogens with zero attached hydrogens (tertiary/aromatic N) is 1. The normalized spacial score (nSPS) is 14.9. The van der Waals surface area contributed by atoms with Crippen molar-refractivity contribution >= 4 is 23.5 Å². The fourth-order valence-electron chi connectivity index (χ4n) is 2.71. The van der Waals surface area contributed by atoms with E-state index >= 15 is 0 Å². The summed E-state index contributed by atoms with van der Waals surface area (Å²) in [5.74, 6) is -0.142. The highest BCUT2D eigenvalue weighted by atomic mass is 16.6. The number of likely N-dealkylation sites (tertiary alicyclic amines) is 1. The van der Waals surface area contributed by atoms with Gasteiger partial charge in [-0.2, -0.15) is 0 Å². The molecule has 1 heterocycles. The molecular formula is C18H25N3O4. The van der Waals surface area contributed by atoms with Crippen molar-refractivity contribution < 1.29 is 19.1 Å². The van der Waals surface area contributed by atoms with Gasteiger partial charge in [0.05, 0.1) is 13.2 Å². The van der Waals surface area contributed by atoms with Crippen LogP contribution in [0.4, 0.5) is 10.5 Å². The summed E-state index contributed by atoms with van der Waals surface area (Å²) in [6.07, 6.45) is 1.31. The summed E-state index contributed by atoms with van der Waals surface area (Å²) in [4.78, 5) is 36.6. The summed E-state index contributed by atoms with van der Waals surface area (Å²) < 4.78 is 4.99. The summed E-state index contributed by atoms with van der Waals surface area (Å²) in [6.45, 7) is 5.14. The van der Waals surface area contributed by atoms with Crippen molar-refractivity contribution in [3.05, 3.63) is 29.8 Å². The van der Waals surface area contributed by atoms with Gasteiger partial charge < -0.3 is 20.3 Å². The number of hydrogen-bond acceptors (Lipinski definition) is 5. The van der Waals surface area contributed by atoms with Crippen LogP contribution >= 0.6 is 0 Å². The standard InChI is InChI=1S/C18H25N3O4/c1-3-25-18(24)21-10-8-15(9-11-21)19-12-17(23)20-16-6-4-14(5-7-16)13(2)22/h4-7,15,19H,3,8-12H2,1-2H3,(H,20,23). The van der Waals surface area contributed by atoms with Crippen LogP contribution in [0.25, 0.3) is 0 Å². The quantitative estimate of drug-likeness (QED) is 0.769. The molecule has 0 aliphatic carbocycles. The van der Waals surface area contributed by atoms with Gasteiger partial charge in [0.25, 0.3) is 0 Å². The maximum absolute atomic E-state index is 12.0. The number of anilines is 1. The Morgan fingerprint density at radius 3 is 2.36 bits per heavy atom. The Morgan fingerprint density at radius 2 is 1.80 bits per heavy atom. The number of ether oxygens (including phenoxy) is 1. The maximum atomic E-state index is 12.0. The molecule has 136 valence electrons. The van der Waals surface area contributed by atoms with E-state index in [9.17, 15) is 14.4 Å². The first-order valence-electron chi connectivity index (χ1n) is 8.55. The van der Waals surface area contributed by atoms with Gasteiger partial charge >= 0.3 is 6.09 Å². The third kappa shape index (κ3) is 5.86. The number of carbonyl (C=O) groups is 3. The molecule has 1 aromatic carbocycles. The summed E-state index contributed by atoms with van der Waals surface area (Å²) in [6, 6.07) is 7.02. The lowest BCUT2D eigenvalue weighted by Crippen LogP contribution is -2.46. The molecule has 0 atom stereocenters. The molecule has 0 bridgehead atoms. The number of amides is 2. The molecule has 7 nitrogen and oxygen atoms in total. The average molecular weight is 347 g/mol. The highest BCUT2D eigenvalue weighted by molar-refractivity contribution is 5.96. The van der Waals surface area contributed by atoms with E-state index in [0.29, 0.717) is 30.9 Å². The maximum Gasteiger partial charge on any atom is 0.409 e. The number of nitrogens with one attached hydrogen (secondary N) is 2. The largest absolute Gasteiger partial charge is 0.450 e. The van der Waals surface area contributed by atoms with E-state index in [4.69, 9.17) is 4.74 Å². The Labute approximate surface area is 147 Å². The van der Waals surface area contributed by atoms with Gasteiger partial charge in [0.15, 0.2) is 5.78 Å². The van der Waals surface area contributed by atoms with E-state index < -0.39 is 0 Å². The number of Topliss-reactive ketones (excluding diaryl/α,β-unsaturated/α-hetero) is 1. The Morgan fingerprint density at radius 1 is 1.16 bits per heavy atom. The molecular weight excluding hydrogens is 322 g/mol. The van der Waals surface area contributed by atoms with Crippen molar-refractivity contribution in [1.82, 2.24) is 10.2 Å². The molecule has 1 fully saturated rings. The minimum atomic E-state index is -0.271. The van der Waals surface area contributed by atoms with Crippen LogP contribution in [0.2, 0.25) is 0 Å². The third-order valence-corrected chi connectivity index (χ3v) is 4.15. The first-order chi connectivity index (χ1) is 12.0. The van der Waals surface area contributed by atoms with Crippen LogP contribution in [0.3, 0.4) is 0 Å². The average Bonchev–Trinajstić information content (AvgIpc) is 2.61. The molecule has 0 aromatic heterocycles. The molecule has 1 saturated heterocycles. The Balaban J connectivity index is 1.70. The van der Waals surface area contributed by atoms with E-state index in [2.05, 4.69) is 10.6 Å². The Bertz CT molecular complexity index is 607. The smallest absolute Gasteiger partial charge is 0.409 e. The minimum Gasteiger partial charge on any atom is -0.450 e. The lowest BCUT2D eigenvalue weighted by atomic mass is 10.1. The number of hydrogen-bond donors (Lipinski definition) is 2. The summed E-state index contributed by atoms with van der Waals surface area (Å²) >= 11 is 0. The van der Waals surface area contributed by atoms with Crippen LogP contribution in [0.15, 0.2) is 24.3 Å². The van der Waals surface area contributed by atoms with E-state index in [1.807, 2.05) is 0 Å². The van der Waals surface area contributed by atoms with Crippen LogP contribution in [0.1, 0.15) is 37.0 Å². The first-order valence-corrected chi connectivity index (χ1v) is 8.55. The fraction of sp³-hybridized carbons (Fsp3) is 0.500. The zero-order valence-electron chi connectivity index (χ0n) is 14.7. The molecule has 1 aliphatic rings. The van der Waals surface area contributed by atoms with Crippen molar-refractivity contribution in [2.75, 3.05) is 31.6 Å². The van der Waals surface area contributed by atoms with Gasteiger partial charge in [0.1, 0.15) is 0 Å². The summed E-state index contributed by atoms with van der Waals surface area (Å²) in [7, 11) is 0. The molecule has 0 radical (unpaired) electrons. The highest BCUT2D eigenvalue weighted by Crippen LogP contribution is 2.12. The van der Waals surface area contributed by atoms with Crippen molar-refractivity contribution in [2.45, 2.75) is 32.7 Å². The number of rotatable bonds is 6. The molecule has 1 aromatic rings. The molecule has 7 heteroatoms. The van der Waals surface area contributed by atoms with Gasteiger partial charge in [-0.25, -0.2) is 4.79 Å². The van der Waals surface area contributed by atoms with Crippen LogP contribution in [-0.4, -0.2) is 55.0 Å². The van der Waals surface area contributed by atoms with E-state index in [1.165, 1.54) is 6.92 Å². The second-order valence-electron chi connectivity index (χ2n) is 6.02. The van der Waals surface area contributed by atoms with E-state index in [1.54, 1.807) is 36.1 Å². The molecule has 2 N–H and O–H groups in total. The van der Waals surface area contributed by atoms with Gasteiger partial charge in [-0.1, -0.05) is 0 Å².